The minimum Gasteiger partial charge on any atom is -0.309 e. The van der Waals surface area contributed by atoms with Gasteiger partial charge in [0.1, 0.15) is 5.69 Å². The first-order chi connectivity index (χ1) is 30.7. The molecule has 0 aliphatic heterocycles. The zero-order valence-electron chi connectivity index (χ0n) is 33.6. The second kappa shape index (κ2) is 14.7. The van der Waals surface area contributed by atoms with Crippen molar-refractivity contribution >= 4 is 38.1 Å². The van der Waals surface area contributed by atoms with E-state index in [1.165, 1.54) is 21.8 Å². The smallest absolute Gasteiger partial charge is 0.160 e. The quantitative estimate of drug-likeness (QED) is 0.162. The van der Waals surface area contributed by atoms with E-state index in [1.54, 1.807) is 0 Å². The summed E-state index contributed by atoms with van der Waals surface area (Å²) in [4.78, 5) is 10.5. The van der Waals surface area contributed by atoms with Crippen molar-refractivity contribution in [3.8, 4) is 73.2 Å². The van der Waals surface area contributed by atoms with Crippen molar-refractivity contribution in [3.05, 3.63) is 224 Å². The standard InChI is InChI=1S/C57H37N5/c1-4-18-38(19-5-1)53-36-41-24-10-11-29-46(41)56-54(55(60-62(53)56)39-20-6-2-7-21-39)44-27-16-25-42(34-44)49-37-50(59-57(58-49)40-22-8-3-9-23-40)43-26-17-28-45(35-43)61-51-32-14-12-30-47(51)48-31-13-15-33-52(48)61/h1-37H. The molecule has 0 unspecified atom stereocenters. The number of rotatable bonds is 7. The van der Waals surface area contributed by atoms with E-state index in [2.05, 4.69) is 215 Å². The lowest BCUT2D eigenvalue weighted by Crippen LogP contribution is -1.98. The van der Waals surface area contributed by atoms with Gasteiger partial charge in [0.15, 0.2) is 5.82 Å². The Hall–Kier alpha value is -8.41. The molecule has 4 aromatic heterocycles. The Bertz CT molecular complexity index is 3570. The van der Waals surface area contributed by atoms with Gasteiger partial charge in [0.25, 0.3) is 0 Å². The molecule has 0 saturated carbocycles. The van der Waals surface area contributed by atoms with E-state index in [0.717, 1.165) is 83.7 Å². The lowest BCUT2D eigenvalue weighted by molar-refractivity contribution is 0.979. The third-order valence-electron chi connectivity index (χ3n) is 11.9. The first kappa shape index (κ1) is 35.5. The van der Waals surface area contributed by atoms with Crippen LogP contribution in [0.4, 0.5) is 0 Å². The second-order valence-electron chi connectivity index (χ2n) is 15.7. The number of para-hydroxylation sites is 2. The minimum absolute atomic E-state index is 0.672. The molecule has 0 aliphatic rings. The first-order valence-electron chi connectivity index (χ1n) is 20.9. The molecule has 12 aromatic rings. The van der Waals surface area contributed by atoms with Crippen LogP contribution in [0.1, 0.15) is 0 Å². The number of benzene rings is 8. The number of nitrogens with zero attached hydrogens (tertiary/aromatic N) is 5. The lowest BCUT2D eigenvalue weighted by Gasteiger charge is -2.13. The Morgan fingerprint density at radius 3 is 1.55 bits per heavy atom. The molecule has 0 saturated heterocycles. The van der Waals surface area contributed by atoms with Gasteiger partial charge in [-0.25, -0.2) is 14.5 Å². The second-order valence-corrected chi connectivity index (χ2v) is 15.7. The monoisotopic (exact) mass is 791 g/mol. The maximum absolute atomic E-state index is 5.45. The molecule has 4 heterocycles. The molecule has 62 heavy (non-hydrogen) atoms. The molecule has 5 heteroatoms. The van der Waals surface area contributed by atoms with E-state index in [4.69, 9.17) is 15.1 Å². The zero-order chi connectivity index (χ0) is 41.0. The maximum atomic E-state index is 5.45. The number of hydrogen-bond acceptors (Lipinski definition) is 3. The molecule has 0 aliphatic carbocycles. The fraction of sp³-hybridized carbons (Fsp3) is 0. The van der Waals surface area contributed by atoms with Gasteiger partial charge < -0.3 is 4.57 Å². The maximum Gasteiger partial charge on any atom is 0.160 e. The zero-order valence-corrected chi connectivity index (χ0v) is 33.6. The number of pyridine rings is 1. The largest absolute Gasteiger partial charge is 0.309 e. The summed E-state index contributed by atoms with van der Waals surface area (Å²) in [5, 5.41) is 10.2. The number of hydrogen-bond donors (Lipinski definition) is 0. The fourth-order valence-electron chi connectivity index (χ4n) is 9.07. The molecule has 0 fully saturated rings. The van der Waals surface area contributed by atoms with E-state index in [-0.39, 0.29) is 0 Å². The summed E-state index contributed by atoms with van der Waals surface area (Å²) in [6.45, 7) is 0. The highest BCUT2D eigenvalue weighted by Crippen LogP contribution is 2.42. The predicted octanol–water partition coefficient (Wildman–Crippen LogP) is 14.4. The highest BCUT2D eigenvalue weighted by Gasteiger charge is 2.22. The van der Waals surface area contributed by atoms with Gasteiger partial charge in [0.2, 0.25) is 0 Å². The minimum atomic E-state index is 0.672. The van der Waals surface area contributed by atoms with Crippen molar-refractivity contribution in [2.24, 2.45) is 0 Å². The molecule has 5 nitrogen and oxygen atoms in total. The van der Waals surface area contributed by atoms with E-state index >= 15 is 0 Å². The molecular weight excluding hydrogens is 755 g/mol. The van der Waals surface area contributed by atoms with E-state index in [0.29, 0.717) is 5.82 Å². The van der Waals surface area contributed by atoms with Gasteiger partial charge in [-0.15, -0.1) is 0 Å². The van der Waals surface area contributed by atoms with Crippen LogP contribution in [0, 0.1) is 0 Å². The molecule has 12 rings (SSSR count). The Labute approximate surface area is 358 Å². The third kappa shape index (κ3) is 5.98. The van der Waals surface area contributed by atoms with E-state index in [9.17, 15) is 0 Å². The van der Waals surface area contributed by atoms with Gasteiger partial charge in [-0.05, 0) is 53.4 Å². The summed E-state index contributed by atoms with van der Waals surface area (Å²) in [6.07, 6.45) is 0. The molecule has 0 spiro atoms. The van der Waals surface area contributed by atoms with Crippen molar-refractivity contribution in [2.75, 3.05) is 0 Å². The van der Waals surface area contributed by atoms with Crippen LogP contribution in [0.5, 0.6) is 0 Å². The number of fused-ring (bicyclic) bond motifs is 6. The van der Waals surface area contributed by atoms with Gasteiger partial charge >= 0.3 is 0 Å². The highest BCUT2D eigenvalue weighted by molar-refractivity contribution is 6.10. The molecule has 0 amide bonds. The third-order valence-corrected chi connectivity index (χ3v) is 11.9. The Morgan fingerprint density at radius 1 is 0.355 bits per heavy atom. The SMILES string of the molecule is c1ccc(-c2nc(-c3cccc(-c4c(-c5ccccc5)nn5c(-c6ccccc6)cc6ccccc6c45)c3)cc(-c3cccc(-n4c5ccccc5c5ccccc54)c3)n2)cc1. The van der Waals surface area contributed by atoms with Crippen LogP contribution in [-0.4, -0.2) is 24.1 Å². The van der Waals surface area contributed by atoms with Crippen LogP contribution in [-0.2, 0) is 0 Å². The van der Waals surface area contributed by atoms with Crippen LogP contribution >= 0.6 is 0 Å². The van der Waals surface area contributed by atoms with Crippen LogP contribution in [0.3, 0.4) is 0 Å². The fourth-order valence-corrected chi connectivity index (χ4v) is 9.07. The van der Waals surface area contributed by atoms with E-state index < -0.39 is 0 Å². The summed E-state index contributed by atoms with van der Waals surface area (Å²) < 4.78 is 4.49. The molecular formula is C57H37N5. The predicted molar refractivity (Wildman–Crippen MR) is 255 cm³/mol. The van der Waals surface area contributed by atoms with Gasteiger partial charge in [-0.1, -0.05) is 182 Å². The lowest BCUT2D eigenvalue weighted by atomic mass is 9.95. The summed E-state index contributed by atoms with van der Waals surface area (Å²) in [7, 11) is 0. The summed E-state index contributed by atoms with van der Waals surface area (Å²) in [5.41, 5.74) is 15.4. The van der Waals surface area contributed by atoms with Gasteiger partial charge in [-0.2, -0.15) is 5.10 Å². The molecule has 8 aromatic carbocycles. The van der Waals surface area contributed by atoms with Crippen molar-refractivity contribution in [1.82, 2.24) is 24.1 Å². The van der Waals surface area contributed by atoms with Gasteiger partial charge in [0, 0.05) is 55.2 Å². The average Bonchev–Trinajstić information content (AvgIpc) is 3.92. The molecule has 0 radical (unpaired) electrons. The Balaban J connectivity index is 1.07. The molecule has 0 bridgehead atoms. The normalized spacial score (nSPS) is 11.5. The molecule has 0 N–H and O–H groups in total. The van der Waals surface area contributed by atoms with Crippen molar-refractivity contribution in [1.29, 1.82) is 0 Å². The summed E-state index contributed by atoms with van der Waals surface area (Å²) in [5.74, 6) is 0.672. The first-order valence-corrected chi connectivity index (χ1v) is 20.9. The van der Waals surface area contributed by atoms with Crippen molar-refractivity contribution in [2.45, 2.75) is 0 Å². The van der Waals surface area contributed by atoms with Crippen LogP contribution in [0.25, 0.3) is 111 Å². The average molecular weight is 792 g/mol. The van der Waals surface area contributed by atoms with E-state index in [1.807, 2.05) is 18.2 Å². The highest BCUT2D eigenvalue weighted by atomic mass is 15.2. The summed E-state index contributed by atoms with van der Waals surface area (Å²) in [6, 6.07) is 79.0. The van der Waals surface area contributed by atoms with Gasteiger partial charge in [-0.3, -0.25) is 0 Å². The van der Waals surface area contributed by atoms with Crippen LogP contribution in [0.2, 0.25) is 0 Å². The summed E-state index contributed by atoms with van der Waals surface area (Å²) >= 11 is 0. The van der Waals surface area contributed by atoms with Gasteiger partial charge in [0.05, 0.1) is 33.6 Å². The van der Waals surface area contributed by atoms with Crippen molar-refractivity contribution in [3.63, 3.8) is 0 Å². The molecule has 290 valence electrons. The Kier molecular flexibility index (Phi) is 8.42. The topological polar surface area (TPSA) is 48.0 Å². The van der Waals surface area contributed by atoms with Crippen molar-refractivity contribution < 1.29 is 0 Å². The van der Waals surface area contributed by atoms with Crippen LogP contribution < -0.4 is 0 Å². The molecule has 0 atom stereocenters. The number of aromatic nitrogens is 5. The van der Waals surface area contributed by atoms with Crippen LogP contribution in [0.15, 0.2) is 224 Å². The Morgan fingerprint density at radius 2 is 0.871 bits per heavy atom.